The molecule has 1 atom stereocenters. The highest BCUT2D eigenvalue weighted by molar-refractivity contribution is 5.98. The van der Waals surface area contributed by atoms with Crippen molar-refractivity contribution in [1.82, 2.24) is 10.2 Å². The van der Waals surface area contributed by atoms with Gasteiger partial charge in [0, 0.05) is 18.7 Å². The van der Waals surface area contributed by atoms with Crippen LogP contribution in [-0.2, 0) is 4.79 Å². The Morgan fingerprint density at radius 3 is 2.32 bits per heavy atom. The number of ether oxygens (including phenoxy) is 1. The predicted molar refractivity (Wildman–Crippen MR) is 97.6 cm³/mol. The number of nitrogens with one attached hydrogen (secondary N) is 1. The van der Waals surface area contributed by atoms with Gasteiger partial charge in [0.05, 0.1) is 7.11 Å². The van der Waals surface area contributed by atoms with Crippen molar-refractivity contribution in [1.29, 1.82) is 0 Å². The Morgan fingerprint density at radius 2 is 1.72 bits per heavy atom. The molecule has 0 fully saturated rings. The van der Waals surface area contributed by atoms with Crippen LogP contribution in [0.25, 0.3) is 0 Å². The van der Waals surface area contributed by atoms with Crippen LogP contribution in [0.3, 0.4) is 0 Å². The highest BCUT2D eigenvalue weighted by Gasteiger charge is 2.26. The van der Waals surface area contributed by atoms with Crippen LogP contribution in [0.2, 0.25) is 0 Å². The summed E-state index contributed by atoms with van der Waals surface area (Å²) in [6, 6.07) is 15.4. The zero-order chi connectivity index (χ0) is 18.2. The minimum atomic E-state index is -0.722. The Bertz CT molecular complexity index is 712. The lowest BCUT2D eigenvalue weighted by Crippen LogP contribution is -2.42. The molecule has 0 bridgehead atoms. The number of nitrogens with zero attached hydrogens (tertiary/aromatic N) is 1. The number of hydrogen-bond acceptors (Lipinski definition) is 3. The summed E-state index contributed by atoms with van der Waals surface area (Å²) in [6.45, 7) is 5.03. The fraction of sp³-hybridized carbons (Fsp3) is 0.300. The van der Waals surface area contributed by atoms with Gasteiger partial charge in [0.25, 0.3) is 5.91 Å². The van der Waals surface area contributed by atoms with Crippen molar-refractivity contribution in [3.05, 3.63) is 65.7 Å². The van der Waals surface area contributed by atoms with Crippen LogP contribution in [0.4, 0.5) is 0 Å². The fourth-order valence-corrected chi connectivity index (χ4v) is 2.63. The van der Waals surface area contributed by atoms with Crippen LogP contribution < -0.4 is 10.1 Å². The first kappa shape index (κ1) is 18.5. The first-order valence-corrected chi connectivity index (χ1v) is 8.39. The number of likely N-dealkylation sites (N-methyl/N-ethyl adjacent to an activating group) is 1. The predicted octanol–water partition coefficient (Wildman–Crippen LogP) is 3.03. The van der Waals surface area contributed by atoms with Crippen LogP contribution in [0.1, 0.15) is 35.8 Å². The molecule has 1 N–H and O–H groups in total. The van der Waals surface area contributed by atoms with E-state index in [4.69, 9.17) is 4.74 Å². The second-order valence-corrected chi connectivity index (χ2v) is 5.56. The van der Waals surface area contributed by atoms with Gasteiger partial charge in [-0.15, -0.1) is 0 Å². The van der Waals surface area contributed by atoms with E-state index in [0.29, 0.717) is 24.4 Å². The van der Waals surface area contributed by atoms with E-state index >= 15 is 0 Å². The van der Waals surface area contributed by atoms with Crippen molar-refractivity contribution >= 4 is 11.8 Å². The molecule has 0 aliphatic carbocycles. The van der Waals surface area contributed by atoms with Gasteiger partial charge in [0.1, 0.15) is 11.8 Å². The van der Waals surface area contributed by atoms with Crippen LogP contribution in [-0.4, -0.2) is 36.9 Å². The molecule has 5 nitrogen and oxygen atoms in total. The average molecular weight is 340 g/mol. The Balaban J connectivity index is 2.29. The van der Waals surface area contributed by atoms with E-state index in [1.165, 1.54) is 0 Å². The normalized spacial score (nSPS) is 11.5. The second kappa shape index (κ2) is 8.87. The van der Waals surface area contributed by atoms with Gasteiger partial charge in [0.2, 0.25) is 5.91 Å². The Kier molecular flexibility index (Phi) is 6.57. The van der Waals surface area contributed by atoms with Gasteiger partial charge in [0.15, 0.2) is 0 Å². The molecule has 25 heavy (non-hydrogen) atoms. The van der Waals surface area contributed by atoms with Gasteiger partial charge in [-0.25, -0.2) is 0 Å². The Morgan fingerprint density at radius 1 is 1.04 bits per heavy atom. The molecule has 2 aromatic rings. The lowest BCUT2D eigenvalue weighted by atomic mass is 10.0. The molecule has 5 heteroatoms. The van der Waals surface area contributed by atoms with Gasteiger partial charge < -0.3 is 15.0 Å². The Labute approximate surface area is 148 Å². The summed E-state index contributed by atoms with van der Waals surface area (Å²) >= 11 is 0. The van der Waals surface area contributed by atoms with Crippen LogP contribution in [0.15, 0.2) is 54.6 Å². The molecular formula is C20H24N2O3. The summed E-state index contributed by atoms with van der Waals surface area (Å²) in [6.07, 6.45) is 0. The zero-order valence-electron chi connectivity index (χ0n) is 14.9. The lowest BCUT2D eigenvalue weighted by Gasteiger charge is -2.26. The zero-order valence-corrected chi connectivity index (χ0v) is 14.9. The van der Waals surface area contributed by atoms with Crippen molar-refractivity contribution in [3.8, 4) is 5.75 Å². The lowest BCUT2D eigenvalue weighted by molar-refractivity contribution is -0.133. The quantitative estimate of drug-likeness (QED) is 0.843. The molecular weight excluding hydrogens is 316 g/mol. The molecule has 0 unspecified atom stereocenters. The molecule has 0 saturated heterocycles. The largest absolute Gasteiger partial charge is 0.497 e. The van der Waals surface area contributed by atoms with Gasteiger partial charge in [-0.2, -0.15) is 0 Å². The smallest absolute Gasteiger partial charge is 0.252 e. The van der Waals surface area contributed by atoms with E-state index in [-0.39, 0.29) is 11.8 Å². The van der Waals surface area contributed by atoms with Crippen LogP contribution >= 0.6 is 0 Å². The molecule has 2 amide bonds. The number of carbonyl (C=O) groups is 2. The third kappa shape index (κ3) is 4.59. The van der Waals surface area contributed by atoms with E-state index in [0.717, 1.165) is 5.56 Å². The number of amides is 2. The Hall–Kier alpha value is -2.82. The average Bonchev–Trinajstić information content (AvgIpc) is 2.67. The van der Waals surface area contributed by atoms with Crippen molar-refractivity contribution in [2.75, 3.05) is 20.2 Å². The van der Waals surface area contributed by atoms with E-state index < -0.39 is 6.04 Å². The molecule has 0 aromatic heterocycles. The van der Waals surface area contributed by atoms with Gasteiger partial charge >= 0.3 is 0 Å². The molecule has 0 aliphatic heterocycles. The van der Waals surface area contributed by atoms with E-state index in [2.05, 4.69) is 5.32 Å². The highest BCUT2D eigenvalue weighted by Crippen LogP contribution is 2.18. The standard InChI is InChI=1S/C20H24N2O3/c1-4-22(5-2)20(24)18(15-10-7-6-8-11-15)21-19(23)16-12-9-13-17(14-16)25-3/h6-14,18H,4-5H2,1-3H3,(H,21,23)/t18-/m0/s1. The van der Waals surface area contributed by atoms with Crippen LogP contribution in [0.5, 0.6) is 5.75 Å². The third-order valence-electron chi connectivity index (χ3n) is 4.06. The van der Waals surface area contributed by atoms with E-state index in [1.807, 2.05) is 44.2 Å². The molecule has 0 spiro atoms. The van der Waals surface area contributed by atoms with E-state index in [1.54, 1.807) is 36.3 Å². The van der Waals surface area contributed by atoms with Crippen molar-refractivity contribution in [2.24, 2.45) is 0 Å². The summed E-state index contributed by atoms with van der Waals surface area (Å²) < 4.78 is 5.16. The summed E-state index contributed by atoms with van der Waals surface area (Å²) in [5, 5.41) is 2.86. The fourth-order valence-electron chi connectivity index (χ4n) is 2.63. The van der Waals surface area contributed by atoms with Gasteiger partial charge in [-0.3, -0.25) is 9.59 Å². The molecule has 2 rings (SSSR count). The molecule has 0 heterocycles. The summed E-state index contributed by atoms with van der Waals surface area (Å²) in [4.78, 5) is 27.3. The second-order valence-electron chi connectivity index (χ2n) is 5.56. The molecule has 0 aliphatic rings. The number of methoxy groups -OCH3 is 1. The van der Waals surface area contributed by atoms with Gasteiger partial charge in [-0.1, -0.05) is 36.4 Å². The number of benzene rings is 2. The van der Waals surface area contributed by atoms with Crippen molar-refractivity contribution < 1.29 is 14.3 Å². The maximum atomic E-state index is 12.9. The maximum absolute atomic E-state index is 12.9. The van der Waals surface area contributed by atoms with Crippen molar-refractivity contribution in [2.45, 2.75) is 19.9 Å². The minimum Gasteiger partial charge on any atom is -0.497 e. The van der Waals surface area contributed by atoms with E-state index in [9.17, 15) is 9.59 Å². The summed E-state index contributed by atoms with van der Waals surface area (Å²) in [5.74, 6) is 0.166. The van der Waals surface area contributed by atoms with Gasteiger partial charge in [-0.05, 0) is 37.6 Å². The first-order chi connectivity index (χ1) is 12.1. The first-order valence-electron chi connectivity index (χ1n) is 8.39. The monoisotopic (exact) mass is 340 g/mol. The number of hydrogen-bond donors (Lipinski definition) is 1. The van der Waals surface area contributed by atoms with Crippen LogP contribution in [0, 0.1) is 0 Å². The summed E-state index contributed by atoms with van der Waals surface area (Å²) in [7, 11) is 1.55. The molecule has 132 valence electrons. The molecule has 0 saturated carbocycles. The molecule has 2 aromatic carbocycles. The topological polar surface area (TPSA) is 58.6 Å². The highest BCUT2D eigenvalue weighted by atomic mass is 16.5. The third-order valence-corrected chi connectivity index (χ3v) is 4.06. The maximum Gasteiger partial charge on any atom is 0.252 e. The van der Waals surface area contributed by atoms with Crippen molar-refractivity contribution in [3.63, 3.8) is 0 Å². The minimum absolute atomic E-state index is 0.118. The SMILES string of the molecule is CCN(CC)C(=O)[C@@H](NC(=O)c1cccc(OC)c1)c1ccccc1. The number of carbonyl (C=O) groups excluding carboxylic acids is 2. The molecule has 0 radical (unpaired) electrons. The number of rotatable bonds is 7. The summed E-state index contributed by atoms with van der Waals surface area (Å²) in [5.41, 5.74) is 1.21.